The van der Waals surface area contributed by atoms with Gasteiger partial charge in [0.1, 0.15) is 0 Å². The molecule has 2 N–H and O–H groups in total. The molecule has 2 fully saturated rings. The van der Waals surface area contributed by atoms with Crippen molar-refractivity contribution >= 4 is 5.96 Å². The quantitative estimate of drug-likeness (QED) is 0.402. The highest BCUT2D eigenvalue weighted by atomic mass is 19.4. The van der Waals surface area contributed by atoms with Gasteiger partial charge >= 0.3 is 6.18 Å². The fourth-order valence-electron chi connectivity index (χ4n) is 4.03. The first-order chi connectivity index (χ1) is 12.5. The van der Waals surface area contributed by atoms with Crippen molar-refractivity contribution in [1.82, 2.24) is 15.5 Å². The first kappa shape index (κ1) is 21.3. The van der Waals surface area contributed by atoms with Gasteiger partial charge in [0.05, 0.1) is 5.92 Å². The molecule has 1 saturated heterocycles. The number of hydrogen-bond acceptors (Lipinski definition) is 2. The van der Waals surface area contributed by atoms with Gasteiger partial charge in [-0.15, -0.1) is 0 Å². The largest absolute Gasteiger partial charge is 0.391 e. The van der Waals surface area contributed by atoms with E-state index < -0.39 is 12.1 Å². The van der Waals surface area contributed by atoms with Crippen LogP contribution in [0.2, 0.25) is 0 Å². The summed E-state index contributed by atoms with van der Waals surface area (Å²) in [4.78, 5) is 6.72. The van der Waals surface area contributed by atoms with Gasteiger partial charge in [-0.3, -0.25) is 4.99 Å². The third-order valence-electron chi connectivity index (χ3n) is 5.59. The zero-order valence-electron chi connectivity index (χ0n) is 16.1. The van der Waals surface area contributed by atoms with Crippen molar-refractivity contribution in [2.45, 2.75) is 76.4 Å². The number of guanidine groups is 1. The van der Waals surface area contributed by atoms with Crippen molar-refractivity contribution in [3.63, 3.8) is 0 Å². The standard InChI is InChI=1S/C19H35F3N4/c1-23-18(25-17-10-8-9-16(15-17)19(20,21)22)24-11-4-2-5-12-26-13-6-3-7-14-26/h16-17H,2-15H2,1H3,(H2,23,24,25). The molecular formula is C19H35F3N4. The summed E-state index contributed by atoms with van der Waals surface area (Å²) in [7, 11) is 1.68. The van der Waals surface area contributed by atoms with E-state index in [1.54, 1.807) is 7.05 Å². The predicted octanol–water partition coefficient (Wildman–Crippen LogP) is 3.93. The molecule has 26 heavy (non-hydrogen) atoms. The molecule has 7 heteroatoms. The Morgan fingerprint density at radius 3 is 2.50 bits per heavy atom. The van der Waals surface area contributed by atoms with Crippen molar-refractivity contribution in [2.75, 3.05) is 33.2 Å². The van der Waals surface area contributed by atoms with Gasteiger partial charge in [0.25, 0.3) is 0 Å². The monoisotopic (exact) mass is 376 g/mol. The smallest absolute Gasteiger partial charge is 0.356 e. The topological polar surface area (TPSA) is 39.7 Å². The highest BCUT2D eigenvalue weighted by Crippen LogP contribution is 2.37. The minimum Gasteiger partial charge on any atom is -0.356 e. The molecule has 0 aromatic rings. The number of unbranched alkanes of at least 4 members (excludes halogenated alkanes) is 2. The summed E-state index contributed by atoms with van der Waals surface area (Å²) in [6.45, 7) is 4.49. The summed E-state index contributed by atoms with van der Waals surface area (Å²) in [5.74, 6) is -0.546. The average Bonchev–Trinajstić information content (AvgIpc) is 2.64. The van der Waals surface area contributed by atoms with Gasteiger partial charge < -0.3 is 15.5 Å². The zero-order chi connectivity index (χ0) is 18.8. The van der Waals surface area contributed by atoms with Crippen LogP contribution in [0.1, 0.15) is 64.2 Å². The molecule has 2 unspecified atom stereocenters. The lowest BCUT2D eigenvalue weighted by atomic mass is 9.85. The maximum atomic E-state index is 12.9. The number of likely N-dealkylation sites (tertiary alicyclic amines) is 1. The van der Waals surface area contributed by atoms with E-state index in [-0.39, 0.29) is 18.9 Å². The van der Waals surface area contributed by atoms with Crippen molar-refractivity contribution in [3.05, 3.63) is 0 Å². The van der Waals surface area contributed by atoms with Crippen molar-refractivity contribution < 1.29 is 13.2 Å². The predicted molar refractivity (Wildman–Crippen MR) is 100 cm³/mol. The molecule has 2 atom stereocenters. The molecule has 0 bridgehead atoms. The minimum atomic E-state index is -4.08. The highest BCUT2D eigenvalue weighted by Gasteiger charge is 2.42. The maximum absolute atomic E-state index is 12.9. The van der Waals surface area contributed by atoms with Crippen LogP contribution in [0, 0.1) is 5.92 Å². The molecule has 0 spiro atoms. The number of hydrogen-bond donors (Lipinski definition) is 2. The second kappa shape index (κ2) is 11.0. The Morgan fingerprint density at radius 2 is 1.81 bits per heavy atom. The number of nitrogens with zero attached hydrogens (tertiary/aromatic N) is 2. The normalized spacial score (nSPS) is 25.9. The van der Waals surface area contributed by atoms with Gasteiger partial charge in [-0.2, -0.15) is 13.2 Å². The lowest BCUT2D eigenvalue weighted by Crippen LogP contribution is -2.47. The maximum Gasteiger partial charge on any atom is 0.391 e. The lowest BCUT2D eigenvalue weighted by Gasteiger charge is -2.31. The summed E-state index contributed by atoms with van der Waals surface area (Å²) in [6, 6.07) is -0.138. The molecule has 1 heterocycles. The van der Waals surface area contributed by atoms with E-state index in [1.807, 2.05) is 0 Å². The molecule has 1 saturated carbocycles. The van der Waals surface area contributed by atoms with E-state index >= 15 is 0 Å². The van der Waals surface area contributed by atoms with Crippen LogP contribution in [0.15, 0.2) is 4.99 Å². The number of rotatable bonds is 7. The van der Waals surface area contributed by atoms with Crippen LogP contribution in [0.4, 0.5) is 13.2 Å². The number of alkyl halides is 3. The van der Waals surface area contributed by atoms with E-state index in [1.165, 1.54) is 51.7 Å². The van der Waals surface area contributed by atoms with Crippen LogP contribution in [0.3, 0.4) is 0 Å². The molecule has 1 aliphatic carbocycles. The number of piperidine rings is 1. The van der Waals surface area contributed by atoms with Gasteiger partial charge in [0, 0.05) is 19.6 Å². The summed E-state index contributed by atoms with van der Waals surface area (Å²) < 4.78 is 38.7. The zero-order valence-corrected chi connectivity index (χ0v) is 16.1. The third kappa shape index (κ3) is 7.72. The van der Waals surface area contributed by atoms with Crippen molar-refractivity contribution in [1.29, 1.82) is 0 Å². The van der Waals surface area contributed by atoms with Gasteiger partial charge in [-0.1, -0.05) is 19.3 Å². The van der Waals surface area contributed by atoms with Gasteiger partial charge in [-0.05, 0) is 64.6 Å². The van der Waals surface area contributed by atoms with Gasteiger partial charge in [0.2, 0.25) is 0 Å². The van der Waals surface area contributed by atoms with Crippen LogP contribution in [-0.4, -0.2) is 56.3 Å². The Labute approximate surface area is 156 Å². The first-order valence-corrected chi connectivity index (χ1v) is 10.3. The number of nitrogens with one attached hydrogen (secondary N) is 2. The first-order valence-electron chi connectivity index (χ1n) is 10.3. The molecule has 0 amide bonds. The van der Waals surface area contributed by atoms with Crippen LogP contribution in [0.25, 0.3) is 0 Å². The van der Waals surface area contributed by atoms with E-state index in [2.05, 4.69) is 20.5 Å². The van der Waals surface area contributed by atoms with Crippen molar-refractivity contribution in [3.8, 4) is 0 Å². The second-order valence-electron chi connectivity index (χ2n) is 7.71. The minimum absolute atomic E-state index is 0.138. The molecule has 0 aromatic carbocycles. The van der Waals surface area contributed by atoms with E-state index in [9.17, 15) is 13.2 Å². The fourth-order valence-corrected chi connectivity index (χ4v) is 4.03. The highest BCUT2D eigenvalue weighted by molar-refractivity contribution is 5.79. The van der Waals surface area contributed by atoms with E-state index in [0.29, 0.717) is 12.4 Å². The van der Waals surface area contributed by atoms with Crippen LogP contribution in [0.5, 0.6) is 0 Å². The SMILES string of the molecule is CN=C(NCCCCCN1CCCCC1)NC1CCCC(C(F)(F)F)C1. The Kier molecular flexibility index (Phi) is 9.02. The van der Waals surface area contributed by atoms with Crippen LogP contribution >= 0.6 is 0 Å². The Bertz CT molecular complexity index is 419. The molecule has 2 aliphatic rings. The summed E-state index contributed by atoms with van der Waals surface area (Å²) in [6.07, 6.45) is 5.21. The van der Waals surface area contributed by atoms with E-state index in [4.69, 9.17) is 0 Å². The summed E-state index contributed by atoms with van der Waals surface area (Å²) >= 11 is 0. The Hall–Kier alpha value is -0.980. The number of aliphatic imine (C=N–C) groups is 1. The molecule has 152 valence electrons. The molecule has 0 radical (unpaired) electrons. The molecular weight excluding hydrogens is 341 g/mol. The average molecular weight is 377 g/mol. The second-order valence-corrected chi connectivity index (χ2v) is 7.71. The van der Waals surface area contributed by atoms with Crippen LogP contribution in [-0.2, 0) is 0 Å². The molecule has 1 aliphatic heterocycles. The lowest BCUT2D eigenvalue weighted by molar-refractivity contribution is -0.183. The fraction of sp³-hybridized carbons (Fsp3) is 0.947. The molecule has 2 rings (SSSR count). The van der Waals surface area contributed by atoms with Crippen LogP contribution < -0.4 is 10.6 Å². The van der Waals surface area contributed by atoms with Gasteiger partial charge in [0.15, 0.2) is 5.96 Å². The Balaban J connectivity index is 1.57. The third-order valence-corrected chi connectivity index (χ3v) is 5.59. The Morgan fingerprint density at radius 1 is 1.04 bits per heavy atom. The summed E-state index contributed by atoms with van der Waals surface area (Å²) in [5, 5.41) is 6.43. The number of halogens is 3. The summed E-state index contributed by atoms with van der Waals surface area (Å²) in [5.41, 5.74) is 0. The van der Waals surface area contributed by atoms with Gasteiger partial charge in [-0.25, -0.2) is 0 Å². The molecule has 0 aromatic heterocycles. The van der Waals surface area contributed by atoms with Crippen molar-refractivity contribution in [2.24, 2.45) is 10.9 Å². The molecule has 4 nitrogen and oxygen atoms in total. The van der Waals surface area contributed by atoms with E-state index in [0.717, 1.165) is 19.4 Å².